The van der Waals surface area contributed by atoms with Gasteiger partial charge in [0.2, 0.25) is 5.91 Å². The third-order valence-electron chi connectivity index (χ3n) is 10.7. The first-order valence-electron chi connectivity index (χ1n) is 21.6. The van der Waals surface area contributed by atoms with Crippen molar-refractivity contribution in [1.82, 2.24) is 35.2 Å². The number of anilines is 1. The van der Waals surface area contributed by atoms with E-state index in [2.05, 4.69) is 52.0 Å². The highest BCUT2D eigenvalue weighted by molar-refractivity contribution is 7.99. The molecule has 2 aromatic carbocycles. The monoisotopic (exact) mass is 1140 g/mol. The van der Waals surface area contributed by atoms with Gasteiger partial charge in [0.1, 0.15) is 47.9 Å². The van der Waals surface area contributed by atoms with E-state index in [-0.39, 0.29) is 44.2 Å². The van der Waals surface area contributed by atoms with Crippen LogP contribution in [0.15, 0.2) is 42.5 Å². The number of benzene rings is 2. The Morgan fingerprint density at radius 3 is 2.09 bits per heavy atom. The number of pyridine rings is 1. The van der Waals surface area contributed by atoms with Gasteiger partial charge in [-0.2, -0.15) is 61.4 Å². The van der Waals surface area contributed by atoms with Crippen LogP contribution in [0.1, 0.15) is 74.6 Å². The van der Waals surface area contributed by atoms with Gasteiger partial charge in [-0.1, -0.05) is 58.4 Å². The lowest BCUT2D eigenvalue weighted by Crippen LogP contribution is -2.43. The molecule has 30 heteroatoms. The van der Waals surface area contributed by atoms with E-state index >= 15 is 8.78 Å². The number of alkyl halides is 8. The topological polar surface area (TPSA) is 214 Å². The molecule has 0 fully saturated rings. The second-order valence-electron chi connectivity index (χ2n) is 17.2. The number of carbonyl (C=O) groups excluding carboxylic acids is 2. The number of thioether (sulfide) groups is 1. The van der Waals surface area contributed by atoms with Crippen LogP contribution < -0.4 is 14.9 Å². The third kappa shape index (κ3) is 15.7. The van der Waals surface area contributed by atoms with Crippen molar-refractivity contribution in [2.75, 3.05) is 30.5 Å². The van der Waals surface area contributed by atoms with Gasteiger partial charge in [-0.3, -0.25) is 23.9 Å². The highest BCUT2D eigenvalue weighted by atomic mass is 35.5. The summed E-state index contributed by atoms with van der Waals surface area (Å²) < 4.78 is 163. The van der Waals surface area contributed by atoms with E-state index < -0.39 is 146 Å². The van der Waals surface area contributed by atoms with Crippen molar-refractivity contribution in [3.63, 3.8) is 0 Å². The average Bonchev–Trinajstić information content (AvgIpc) is 3.90. The van der Waals surface area contributed by atoms with Gasteiger partial charge < -0.3 is 30.1 Å². The molecule has 16 nitrogen and oxygen atoms in total. The molecular weight excluding hydrogens is 1090 g/mol. The van der Waals surface area contributed by atoms with Crippen LogP contribution in [-0.4, -0.2) is 98.6 Å². The molecule has 0 radical (unpaired) electrons. The zero-order chi connectivity index (χ0) is 56.0. The standard InChI is InChI=1S/C38H33ClF10N8O5S.C5H12S.CH5O3P/c1-4-21-5-6-22(23-7-8-25(39)29-31(23)56(16-36(42,43)44)54-34(29)57(63(3)62)35(61)50-14-28(59)60)30(51-21)26(12-18-10-19(40)13-20(41)11-18)52-27(58)15-55-33-24(9-17(2)37(33,45)46)32(53-55)38(47,48)49;1-5(2,3)6-4;1-4-5(2)3/h5-8,10-11,13,17,26H,4,9,12,14-16H2,1-3H3,(H,50,61)(H,52,58)(H,59,60);1-4H3;2-3H,1H3/t17-,26?,63?;;/m1../s1. The number of aryl methyl sites for hydroxylation is 1. The molecule has 0 spiro atoms. The Bertz CT molecular complexity index is 2850. The SMILES string of the molecule is CCc1ccc(-c2ccc(Cl)c3c(N(C(=O)NCC(=O)O)S(C)=O)nn(CC(F)(F)F)c23)c(C(Cc2cc(F)cc(F)c2)NC(=O)Cn2nc(C(F)(F)F)c3c2C(F)(F)[C@H](C)C3)n1.COP(O)O.CSC(C)(C)C. The minimum absolute atomic E-state index is 0.106. The molecule has 74 heavy (non-hydrogen) atoms. The largest absolute Gasteiger partial charge is 0.480 e. The van der Waals surface area contributed by atoms with Crippen LogP contribution in [0.25, 0.3) is 22.0 Å². The van der Waals surface area contributed by atoms with E-state index in [1.807, 2.05) is 17.1 Å². The molecule has 3 aromatic heterocycles. The summed E-state index contributed by atoms with van der Waals surface area (Å²) in [4.78, 5) is 58.4. The number of carboxylic acids is 1. The van der Waals surface area contributed by atoms with E-state index in [4.69, 9.17) is 26.5 Å². The van der Waals surface area contributed by atoms with Gasteiger partial charge >= 0.3 is 33.0 Å². The van der Waals surface area contributed by atoms with E-state index in [0.29, 0.717) is 19.8 Å². The third-order valence-corrected chi connectivity index (χ3v) is 13.4. The first-order valence-corrected chi connectivity index (χ1v) is 25.9. The zero-order valence-corrected chi connectivity index (χ0v) is 43.7. The second kappa shape index (κ2) is 24.7. The van der Waals surface area contributed by atoms with Crippen molar-refractivity contribution in [2.24, 2.45) is 5.92 Å². The number of carboxylic acid groups (broad SMARTS) is 1. The molecule has 5 aromatic rings. The molecule has 2 unspecified atom stereocenters. The first kappa shape index (κ1) is 61.4. The van der Waals surface area contributed by atoms with Gasteiger partial charge in [-0.15, -0.1) is 0 Å². The lowest BCUT2D eigenvalue weighted by Gasteiger charge is -2.24. The predicted octanol–water partition coefficient (Wildman–Crippen LogP) is 9.64. The van der Waals surface area contributed by atoms with Crippen LogP contribution in [0.3, 0.4) is 0 Å². The molecule has 3 atom stereocenters. The van der Waals surface area contributed by atoms with Gasteiger partial charge in [0.15, 0.2) is 11.5 Å². The summed E-state index contributed by atoms with van der Waals surface area (Å²) >= 11 is 8.44. The van der Waals surface area contributed by atoms with Crippen LogP contribution in [0.5, 0.6) is 0 Å². The number of hydrogen-bond acceptors (Lipinski definition) is 11. The Morgan fingerprint density at radius 2 is 1.59 bits per heavy atom. The molecule has 0 saturated carbocycles. The fourth-order valence-electron chi connectivity index (χ4n) is 7.30. The lowest BCUT2D eigenvalue weighted by molar-refractivity contribution is -0.143. The molecule has 3 heterocycles. The Hall–Kier alpha value is -5.12. The molecule has 1 aliphatic rings. The number of aromatic nitrogens is 5. The second-order valence-corrected chi connectivity index (χ2v) is 21.3. The maximum Gasteiger partial charge on any atom is 0.435 e. The summed E-state index contributed by atoms with van der Waals surface area (Å²) in [6.45, 7) is 5.22. The van der Waals surface area contributed by atoms with Crippen LogP contribution in [-0.2, 0) is 69.5 Å². The number of nitrogens with one attached hydrogen (secondary N) is 2. The summed E-state index contributed by atoms with van der Waals surface area (Å²) in [5.41, 5.74) is -4.38. The predicted molar refractivity (Wildman–Crippen MR) is 258 cm³/mol. The Morgan fingerprint density at radius 1 is 1.01 bits per heavy atom. The van der Waals surface area contributed by atoms with E-state index in [1.165, 1.54) is 31.4 Å². The number of hydrogen-bond donors (Lipinski definition) is 5. The Labute approximate surface area is 429 Å². The normalized spacial score (nSPS) is 15.1. The van der Waals surface area contributed by atoms with Gasteiger partial charge in [0.05, 0.1) is 27.7 Å². The summed E-state index contributed by atoms with van der Waals surface area (Å²) in [5.74, 6) is -11.0. The first-order chi connectivity index (χ1) is 34.1. The van der Waals surface area contributed by atoms with Crippen LogP contribution in [0, 0.1) is 17.6 Å². The van der Waals surface area contributed by atoms with Crippen LogP contribution in [0.4, 0.5) is 54.5 Å². The smallest absolute Gasteiger partial charge is 0.435 e. The molecule has 0 aliphatic heterocycles. The minimum atomic E-state index is -5.18. The number of nitrogens with zero attached hydrogens (tertiary/aromatic N) is 6. The maximum atomic E-state index is 15.4. The maximum absolute atomic E-state index is 15.4. The van der Waals surface area contributed by atoms with Crippen molar-refractivity contribution < 1.29 is 81.9 Å². The van der Waals surface area contributed by atoms with Gasteiger partial charge in [0, 0.05) is 52.5 Å². The average molecular weight is 1140 g/mol. The summed E-state index contributed by atoms with van der Waals surface area (Å²) in [6.07, 6.45) is -8.19. The molecule has 6 rings (SSSR count). The highest BCUT2D eigenvalue weighted by Gasteiger charge is 2.54. The Balaban J connectivity index is 0.000000972. The van der Waals surface area contributed by atoms with E-state index in [9.17, 15) is 53.7 Å². The quantitative estimate of drug-likeness (QED) is 0.0519. The Kier molecular flexibility index (Phi) is 20.5. The molecule has 3 amide bonds. The van der Waals surface area contributed by atoms with Crippen LogP contribution >= 0.6 is 32.0 Å². The lowest BCUT2D eigenvalue weighted by atomic mass is 9.93. The van der Waals surface area contributed by atoms with Crippen molar-refractivity contribution in [1.29, 1.82) is 0 Å². The van der Waals surface area contributed by atoms with Gasteiger partial charge in [0.25, 0.3) is 5.92 Å². The molecule has 0 bridgehead atoms. The van der Waals surface area contributed by atoms with Crippen molar-refractivity contribution >= 4 is 77.6 Å². The fourth-order valence-corrected chi connectivity index (χ4v) is 8.21. The zero-order valence-electron chi connectivity index (χ0n) is 40.4. The summed E-state index contributed by atoms with van der Waals surface area (Å²) in [7, 11) is -3.30. The van der Waals surface area contributed by atoms with Crippen LogP contribution in [0.2, 0.25) is 5.02 Å². The van der Waals surface area contributed by atoms with E-state index in [0.717, 1.165) is 25.3 Å². The highest BCUT2D eigenvalue weighted by Crippen LogP contribution is 2.50. The number of fused-ring (bicyclic) bond motifs is 2. The van der Waals surface area contributed by atoms with E-state index in [1.54, 1.807) is 6.92 Å². The van der Waals surface area contributed by atoms with Crippen molar-refractivity contribution in [2.45, 2.75) is 96.0 Å². The van der Waals surface area contributed by atoms with Crippen molar-refractivity contribution in [3.05, 3.63) is 93.0 Å². The molecule has 408 valence electrons. The van der Waals surface area contributed by atoms with Gasteiger partial charge in [-0.05, 0) is 55.3 Å². The molecular formula is C44H50ClF10N8O8PS2. The summed E-state index contributed by atoms with van der Waals surface area (Å²) in [6, 6.07) is 4.54. The number of amides is 3. The summed E-state index contributed by atoms with van der Waals surface area (Å²) in [5, 5.41) is 20.1. The number of rotatable bonds is 14. The fraction of sp³-hybridized carbons (Fsp3) is 0.455. The van der Waals surface area contributed by atoms with Crippen molar-refractivity contribution in [3.8, 4) is 11.1 Å². The molecule has 0 saturated heterocycles. The number of halogens is 11. The molecule has 5 N–H and O–H groups in total. The minimum Gasteiger partial charge on any atom is -0.480 e. The number of carbonyl (C=O) groups is 3. The number of aliphatic carboxylic acids is 1. The molecule has 1 aliphatic carbocycles. The van der Waals surface area contributed by atoms with Gasteiger partial charge in [-0.25, -0.2) is 17.8 Å². The number of urea groups is 1.